The fourth-order valence-electron chi connectivity index (χ4n) is 6.50. The molecule has 3 unspecified atom stereocenters. The molecular formula is C32H38F6N8O3S2. The molecular weight excluding hydrogens is 723 g/mol. The summed E-state index contributed by atoms with van der Waals surface area (Å²) in [5.74, 6) is 0.0951. The molecule has 6 rings (SSSR count). The Bertz CT molecular complexity index is 1930. The number of alkyl halides is 6. The van der Waals surface area contributed by atoms with Crippen molar-refractivity contribution < 1.29 is 40.1 Å². The summed E-state index contributed by atoms with van der Waals surface area (Å²) >= 11 is 1.34. The van der Waals surface area contributed by atoms with E-state index in [1.165, 1.54) is 50.5 Å². The van der Waals surface area contributed by atoms with E-state index in [1.54, 1.807) is 12.3 Å². The van der Waals surface area contributed by atoms with Crippen LogP contribution in [0.5, 0.6) is 0 Å². The third-order valence-electron chi connectivity index (χ3n) is 8.80. The number of thioether (sulfide) groups is 1. The number of imidazole rings is 2. The molecule has 3 atom stereocenters. The van der Waals surface area contributed by atoms with Crippen molar-refractivity contribution in [3.05, 3.63) is 47.0 Å². The molecule has 2 aliphatic rings. The maximum absolute atomic E-state index is 13.4. The smallest absolute Gasteiger partial charge is 0.336 e. The zero-order valence-electron chi connectivity index (χ0n) is 28.4. The second-order valence-electron chi connectivity index (χ2n) is 12.6. The lowest BCUT2D eigenvalue weighted by atomic mass is 10.0. The number of hydrogen-bond donors (Lipinski definition) is 0. The van der Waals surface area contributed by atoms with Crippen molar-refractivity contribution in [1.29, 1.82) is 0 Å². The number of rotatable bonds is 10. The molecule has 2 aliphatic heterocycles. The number of likely N-dealkylation sites (tertiary alicyclic amines) is 2. The lowest BCUT2D eigenvalue weighted by Gasteiger charge is -2.17. The molecule has 278 valence electrons. The SMILES string of the molecule is CCCC1CC(=O)N(Cc2c(C(F)(F)F)nc3ccc(S(C)=O)nn23)C1.CCCC1CC(=O)N(Cc2c(C(F)(F)F)nc3ccc(SC)nn23)C1. The van der Waals surface area contributed by atoms with Gasteiger partial charge in [0.15, 0.2) is 22.7 Å². The highest BCUT2D eigenvalue weighted by Crippen LogP contribution is 2.35. The van der Waals surface area contributed by atoms with E-state index in [0.29, 0.717) is 31.0 Å². The Morgan fingerprint density at radius 2 is 1.22 bits per heavy atom. The number of nitrogens with zero attached hydrogens (tertiary/aromatic N) is 8. The normalized spacial score (nSPS) is 19.0. The number of hydrogen-bond acceptors (Lipinski definition) is 8. The molecule has 0 aliphatic carbocycles. The van der Waals surface area contributed by atoms with Gasteiger partial charge >= 0.3 is 12.4 Å². The molecule has 0 radical (unpaired) electrons. The van der Waals surface area contributed by atoms with Gasteiger partial charge in [0, 0.05) is 32.2 Å². The molecule has 0 aromatic carbocycles. The monoisotopic (exact) mass is 760 g/mol. The zero-order valence-corrected chi connectivity index (χ0v) is 30.1. The number of aromatic nitrogens is 6. The van der Waals surface area contributed by atoms with E-state index >= 15 is 0 Å². The summed E-state index contributed by atoms with van der Waals surface area (Å²) in [6, 6.07) is 5.90. The Balaban J connectivity index is 0.000000198. The number of carbonyl (C=O) groups excluding carboxylic acids is 2. The van der Waals surface area contributed by atoms with Crippen LogP contribution in [0.15, 0.2) is 34.3 Å². The van der Waals surface area contributed by atoms with E-state index < -0.39 is 34.5 Å². The van der Waals surface area contributed by atoms with Crippen LogP contribution in [0.2, 0.25) is 0 Å². The summed E-state index contributed by atoms with van der Waals surface area (Å²) in [6.45, 7) is 4.61. The minimum atomic E-state index is -4.67. The summed E-state index contributed by atoms with van der Waals surface area (Å²) in [6.07, 6.45) is -1.68. The highest BCUT2D eigenvalue weighted by molar-refractivity contribution is 7.98. The molecule has 4 aromatic heterocycles. The Morgan fingerprint density at radius 3 is 1.63 bits per heavy atom. The predicted octanol–water partition coefficient (Wildman–Crippen LogP) is 6.25. The number of amides is 2. The first kappa shape index (κ1) is 38.5. The minimum Gasteiger partial charge on any atom is -0.336 e. The van der Waals surface area contributed by atoms with Crippen LogP contribution in [-0.4, -0.2) is 80.6 Å². The standard InChI is InChI=1S/C16H19F3N4O2S.C16H19F3N4OS/c1-3-4-10-7-14(24)22(8-10)9-11-15(16(17,18)19)20-12-5-6-13(26(2)25)21-23(11)12;1-3-4-10-7-14(24)22(8-10)9-11-15(16(17,18)19)20-12-5-6-13(25-2)21-23(11)12/h5-6,10H,3-4,7-9H2,1-2H3;5-6,10H,3-4,7-9H2,1-2H3. The summed E-state index contributed by atoms with van der Waals surface area (Å²) < 4.78 is 94.5. The maximum atomic E-state index is 13.4. The second kappa shape index (κ2) is 15.5. The third kappa shape index (κ3) is 8.67. The number of halogens is 6. The van der Waals surface area contributed by atoms with Crippen molar-refractivity contribution in [3.63, 3.8) is 0 Å². The van der Waals surface area contributed by atoms with Crippen LogP contribution in [0.1, 0.15) is 75.1 Å². The van der Waals surface area contributed by atoms with Crippen LogP contribution in [0.25, 0.3) is 11.3 Å². The van der Waals surface area contributed by atoms with E-state index in [4.69, 9.17) is 0 Å². The Labute approximate surface area is 296 Å². The molecule has 2 fully saturated rings. The van der Waals surface area contributed by atoms with E-state index in [0.717, 1.165) is 30.2 Å². The van der Waals surface area contributed by atoms with E-state index in [1.807, 2.05) is 13.8 Å². The summed E-state index contributed by atoms with van der Waals surface area (Å²) in [4.78, 5) is 34.7. The first-order valence-corrected chi connectivity index (χ1v) is 19.2. The van der Waals surface area contributed by atoms with E-state index in [-0.39, 0.29) is 64.4 Å². The molecule has 0 spiro atoms. The molecule has 0 N–H and O–H groups in total. The Kier molecular flexibility index (Phi) is 11.7. The summed E-state index contributed by atoms with van der Waals surface area (Å²) in [7, 11) is -1.45. The van der Waals surface area contributed by atoms with Crippen molar-refractivity contribution in [3.8, 4) is 0 Å². The first-order valence-electron chi connectivity index (χ1n) is 16.4. The minimum absolute atomic E-state index is 0.0123. The van der Waals surface area contributed by atoms with Crippen LogP contribution in [0.4, 0.5) is 26.3 Å². The fraction of sp³-hybridized carbons (Fsp3) is 0.562. The van der Waals surface area contributed by atoms with Gasteiger partial charge in [-0.05, 0) is 55.2 Å². The molecule has 19 heteroatoms. The topological polar surface area (TPSA) is 118 Å². The van der Waals surface area contributed by atoms with Gasteiger partial charge in [-0.2, -0.15) is 36.5 Å². The van der Waals surface area contributed by atoms with E-state index in [2.05, 4.69) is 20.2 Å². The second-order valence-corrected chi connectivity index (χ2v) is 14.8. The third-order valence-corrected chi connectivity index (χ3v) is 10.2. The van der Waals surface area contributed by atoms with Crippen molar-refractivity contribution in [2.75, 3.05) is 25.6 Å². The maximum Gasteiger partial charge on any atom is 0.435 e. The molecule has 4 aromatic rings. The van der Waals surface area contributed by atoms with Crippen molar-refractivity contribution >= 4 is 45.7 Å². The Morgan fingerprint density at radius 1 is 0.765 bits per heavy atom. The van der Waals surface area contributed by atoms with Gasteiger partial charge in [-0.15, -0.1) is 11.8 Å². The van der Waals surface area contributed by atoms with Crippen LogP contribution < -0.4 is 0 Å². The Hall–Kier alpha value is -3.74. The molecule has 11 nitrogen and oxygen atoms in total. The zero-order chi connectivity index (χ0) is 37.2. The predicted molar refractivity (Wildman–Crippen MR) is 177 cm³/mol. The lowest BCUT2D eigenvalue weighted by molar-refractivity contribution is -0.143. The van der Waals surface area contributed by atoms with Crippen molar-refractivity contribution in [1.82, 2.24) is 39.0 Å². The van der Waals surface area contributed by atoms with Gasteiger partial charge in [-0.25, -0.2) is 19.0 Å². The molecule has 0 saturated carbocycles. The molecule has 6 heterocycles. The van der Waals surface area contributed by atoms with Gasteiger partial charge in [-0.3, -0.25) is 13.8 Å². The van der Waals surface area contributed by atoms with Gasteiger partial charge in [0.25, 0.3) is 0 Å². The van der Waals surface area contributed by atoms with Crippen LogP contribution in [0.3, 0.4) is 0 Å². The van der Waals surface area contributed by atoms with Crippen molar-refractivity contribution in [2.24, 2.45) is 11.8 Å². The average molecular weight is 761 g/mol. The van der Waals surface area contributed by atoms with Crippen LogP contribution >= 0.6 is 11.8 Å². The molecule has 51 heavy (non-hydrogen) atoms. The lowest BCUT2D eigenvalue weighted by Crippen LogP contribution is -2.27. The summed E-state index contributed by atoms with van der Waals surface area (Å²) in [5.41, 5.74) is -2.16. The highest BCUT2D eigenvalue weighted by Gasteiger charge is 2.41. The molecule has 2 amide bonds. The van der Waals surface area contributed by atoms with Gasteiger partial charge in [0.1, 0.15) is 10.1 Å². The number of carbonyl (C=O) groups is 2. The highest BCUT2D eigenvalue weighted by atomic mass is 32.2. The van der Waals surface area contributed by atoms with Gasteiger partial charge in [0.05, 0.1) is 35.3 Å². The van der Waals surface area contributed by atoms with Gasteiger partial charge < -0.3 is 9.80 Å². The quantitative estimate of drug-likeness (QED) is 0.138. The van der Waals surface area contributed by atoms with E-state index in [9.17, 15) is 40.1 Å². The van der Waals surface area contributed by atoms with Crippen LogP contribution in [-0.2, 0) is 45.8 Å². The van der Waals surface area contributed by atoms with Gasteiger partial charge in [-0.1, -0.05) is 26.7 Å². The fourth-order valence-corrected chi connectivity index (χ4v) is 7.33. The van der Waals surface area contributed by atoms with Crippen molar-refractivity contribution in [2.45, 2.75) is 87.9 Å². The summed E-state index contributed by atoms with van der Waals surface area (Å²) in [5, 5.41) is 9.02. The molecule has 0 bridgehead atoms. The number of fused-ring (bicyclic) bond motifs is 2. The molecule has 2 saturated heterocycles. The van der Waals surface area contributed by atoms with Crippen LogP contribution in [0, 0.1) is 11.8 Å². The first-order chi connectivity index (χ1) is 24.0. The average Bonchev–Trinajstić information content (AvgIpc) is 3.81. The largest absolute Gasteiger partial charge is 0.435 e. The van der Waals surface area contributed by atoms with Gasteiger partial charge in [0.2, 0.25) is 11.8 Å².